The van der Waals surface area contributed by atoms with Crippen LogP contribution in [0.3, 0.4) is 0 Å². The van der Waals surface area contributed by atoms with E-state index in [0.717, 1.165) is 11.5 Å². The van der Waals surface area contributed by atoms with Crippen molar-refractivity contribution in [2.45, 2.75) is 0 Å². The third-order valence-corrected chi connectivity index (χ3v) is 2.12. The molecule has 5 nitrogen and oxygen atoms in total. The summed E-state index contributed by atoms with van der Waals surface area (Å²) >= 11 is 0.892. The fraction of sp³-hybridized carbons (Fsp3) is 0.286. The molecule has 1 aromatic rings. The van der Waals surface area contributed by atoms with Crippen molar-refractivity contribution >= 4 is 23.4 Å². The van der Waals surface area contributed by atoms with E-state index in [4.69, 9.17) is 5.11 Å². The molecule has 0 aromatic carbocycles. The Hall–Kier alpha value is -1.43. The van der Waals surface area contributed by atoms with Crippen LogP contribution in [0, 0.1) is 0 Å². The summed E-state index contributed by atoms with van der Waals surface area (Å²) in [5.74, 6) is -1.35. The molecule has 0 aliphatic heterocycles. The average Bonchev–Trinajstić information content (AvgIpc) is 2.50. The van der Waals surface area contributed by atoms with Crippen molar-refractivity contribution in [3.05, 3.63) is 16.6 Å². The smallest absolute Gasteiger partial charge is 0.355 e. The first-order chi connectivity index (χ1) is 6.02. The van der Waals surface area contributed by atoms with Crippen LogP contribution < -0.4 is 0 Å². The molecule has 13 heavy (non-hydrogen) atoms. The Labute approximate surface area is 78.8 Å². The number of aromatic carboxylic acids is 1. The van der Waals surface area contributed by atoms with Gasteiger partial charge in [0.1, 0.15) is 4.88 Å². The first-order valence-electron chi connectivity index (χ1n) is 3.44. The van der Waals surface area contributed by atoms with Gasteiger partial charge in [-0.1, -0.05) is 0 Å². The second-order valence-electron chi connectivity index (χ2n) is 2.58. The maximum atomic E-state index is 11.3. The number of carbonyl (C=O) groups excluding carboxylic acids is 1. The molecule has 1 N–H and O–H groups in total. The largest absolute Gasteiger partial charge is 0.476 e. The fourth-order valence-corrected chi connectivity index (χ4v) is 1.45. The predicted octanol–water partition coefficient (Wildman–Crippen LogP) is 0.543. The molecule has 1 rings (SSSR count). The van der Waals surface area contributed by atoms with Crippen LogP contribution in [0.5, 0.6) is 0 Å². The van der Waals surface area contributed by atoms with Gasteiger partial charge in [0.05, 0.1) is 0 Å². The molecule has 0 saturated carbocycles. The fourth-order valence-electron chi connectivity index (χ4n) is 0.697. The molecule has 0 spiro atoms. The molecule has 0 radical (unpaired) electrons. The van der Waals surface area contributed by atoms with E-state index in [2.05, 4.69) is 4.37 Å². The lowest BCUT2D eigenvalue weighted by Gasteiger charge is -2.06. The molecule has 1 amide bonds. The van der Waals surface area contributed by atoms with Gasteiger partial charge in [-0.15, -0.1) is 0 Å². The minimum Gasteiger partial charge on any atom is -0.476 e. The number of hydrogen-bond donors (Lipinski definition) is 1. The topological polar surface area (TPSA) is 70.5 Å². The van der Waals surface area contributed by atoms with Crippen LogP contribution in [0.4, 0.5) is 0 Å². The molecule has 70 valence electrons. The number of aromatic nitrogens is 1. The highest BCUT2D eigenvalue weighted by atomic mass is 32.1. The van der Waals surface area contributed by atoms with Gasteiger partial charge in [-0.3, -0.25) is 4.79 Å². The molecular weight excluding hydrogens is 192 g/mol. The Balaban J connectivity index is 2.92. The van der Waals surface area contributed by atoms with E-state index in [1.54, 1.807) is 14.1 Å². The van der Waals surface area contributed by atoms with Gasteiger partial charge in [-0.2, -0.15) is 4.37 Å². The summed E-state index contributed by atoms with van der Waals surface area (Å²) in [6, 6.07) is 1.27. The molecule has 1 aromatic heterocycles. The molecule has 0 atom stereocenters. The minimum absolute atomic E-state index is 0.0878. The monoisotopic (exact) mass is 200 g/mol. The second kappa shape index (κ2) is 3.53. The van der Waals surface area contributed by atoms with Crippen LogP contribution in [0.1, 0.15) is 20.2 Å². The summed E-state index contributed by atoms with van der Waals surface area (Å²) < 4.78 is 3.61. The van der Waals surface area contributed by atoms with Crippen LogP contribution in [0.25, 0.3) is 0 Å². The quantitative estimate of drug-likeness (QED) is 0.756. The molecule has 0 bridgehead atoms. The van der Waals surface area contributed by atoms with Gasteiger partial charge in [0.15, 0.2) is 5.69 Å². The zero-order chi connectivity index (χ0) is 10.0. The Bertz CT molecular complexity index is 345. The van der Waals surface area contributed by atoms with Gasteiger partial charge in [0, 0.05) is 14.1 Å². The van der Waals surface area contributed by atoms with Crippen molar-refractivity contribution in [2.75, 3.05) is 14.1 Å². The summed E-state index contributed by atoms with van der Waals surface area (Å²) in [6.45, 7) is 0. The molecule has 0 unspecified atom stereocenters. The first kappa shape index (κ1) is 9.66. The van der Waals surface area contributed by atoms with Crippen molar-refractivity contribution in [2.24, 2.45) is 0 Å². The zero-order valence-electron chi connectivity index (χ0n) is 7.14. The van der Waals surface area contributed by atoms with Crippen molar-refractivity contribution < 1.29 is 14.7 Å². The third kappa shape index (κ3) is 2.03. The van der Waals surface area contributed by atoms with Crippen LogP contribution >= 0.6 is 11.5 Å². The average molecular weight is 200 g/mol. The number of rotatable bonds is 2. The SMILES string of the molecule is CN(C)C(=O)c1cc(C(=O)O)ns1. The lowest BCUT2D eigenvalue weighted by Crippen LogP contribution is -2.20. The van der Waals surface area contributed by atoms with E-state index in [1.165, 1.54) is 11.0 Å². The zero-order valence-corrected chi connectivity index (χ0v) is 7.96. The van der Waals surface area contributed by atoms with Crippen LogP contribution in [0.2, 0.25) is 0 Å². The van der Waals surface area contributed by atoms with Gasteiger partial charge < -0.3 is 10.0 Å². The summed E-state index contributed by atoms with van der Waals surface area (Å²) in [4.78, 5) is 23.4. The first-order valence-corrected chi connectivity index (χ1v) is 4.21. The van der Waals surface area contributed by atoms with E-state index < -0.39 is 5.97 Å². The van der Waals surface area contributed by atoms with Crippen molar-refractivity contribution in [1.29, 1.82) is 0 Å². The Kier molecular flexibility index (Phi) is 2.62. The minimum atomic E-state index is -1.12. The third-order valence-electron chi connectivity index (χ3n) is 1.35. The molecule has 0 fully saturated rings. The lowest BCUT2D eigenvalue weighted by atomic mass is 10.3. The highest BCUT2D eigenvalue weighted by molar-refractivity contribution is 7.08. The van der Waals surface area contributed by atoms with Crippen LogP contribution in [-0.4, -0.2) is 40.4 Å². The Morgan fingerprint density at radius 2 is 2.15 bits per heavy atom. The summed E-state index contributed by atoms with van der Waals surface area (Å²) in [6.07, 6.45) is 0. The second-order valence-corrected chi connectivity index (χ2v) is 3.39. The highest BCUT2D eigenvalue weighted by Gasteiger charge is 2.15. The molecular formula is C7H8N2O3S. The van der Waals surface area contributed by atoms with Gasteiger partial charge in [-0.25, -0.2) is 4.79 Å². The number of nitrogens with zero attached hydrogens (tertiary/aromatic N) is 2. The summed E-state index contributed by atoms with van der Waals surface area (Å²) in [7, 11) is 3.20. The Morgan fingerprint density at radius 3 is 2.54 bits per heavy atom. The van der Waals surface area contributed by atoms with Crippen molar-refractivity contribution in [3.63, 3.8) is 0 Å². The summed E-state index contributed by atoms with van der Waals surface area (Å²) in [5, 5.41) is 8.54. The highest BCUT2D eigenvalue weighted by Crippen LogP contribution is 2.11. The van der Waals surface area contributed by atoms with Crippen molar-refractivity contribution in [1.82, 2.24) is 9.27 Å². The number of carboxylic acid groups (broad SMARTS) is 1. The van der Waals surface area contributed by atoms with E-state index in [0.29, 0.717) is 4.88 Å². The molecule has 6 heteroatoms. The van der Waals surface area contributed by atoms with Gasteiger partial charge in [0.25, 0.3) is 5.91 Å². The van der Waals surface area contributed by atoms with E-state index in [-0.39, 0.29) is 11.6 Å². The predicted molar refractivity (Wildman–Crippen MR) is 47.1 cm³/mol. The van der Waals surface area contributed by atoms with E-state index in [1.807, 2.05) is 0 Å². The molecule has 0 aliphatic carbocycles. The van der Waals surface area contributed by atoms with Gasteiger partial charge in [-0.05, 0) is 17.6 Å². The number of hydrogen-bond acceptors (Lipinski definition) is 4. The van der Waals surface area contributed by atoms with Gasteiger partial charge in [0.2, 0.25) is 0 Å². The molecule has 1 heterocycles. The molecule has 0 aliphatic rings. The maximum Gasteiger partial charge on any atom is 0.355 e. The molecule has 0 saturated heterocycles. The number of carbonyl (C=O) groups is 2. The van der Waals surface area contributed by atoms with Crippen molar-refractivity contribution in [3.8, 4) is 0 Å². The van der Waals surface area contributed by atoms with E-state index >= 15 is 0 Å². The normalized spacial score (nSPS) is 9.69. The maximum absolute atomic E-state index is 11.3. The standard InChI is InChI=1S/C7H8N2O3S/c1-9(2)6(10)5-3-4(7(11)12)8-13-5/h3H,1-2H3,(H,11,12). The number of amides is 1. The van der Waals surface area contributed by atoms with E-state index in [9.17, 15) is 9.59 Å². The van der Waals surface area contributed by atoms with Gasteiger partial charge >= 0.3 is 5.97 Å². The number of carboxylic acids is 1. The van der Waals surface area contributed by atoms with Crippen LogP contribution in [0.15, 0.2) is 6.07 Å². The van der Waals surface area contributed by atoms with Crippen LogP contribution in [-0.2, 0) is 0 Å². The Morgan fingerprint density at radius 1 is 1.54 bits per heavy atom. The summed E-state index contributed by atoms with van der Waals surface area (Å²) in [5.41, 5.74) is -0.0878. The lowest BCUT2D eigenvalue weighted by molar-refractivity contribution is 0.0692.